The van der Waals surface area contributed by atoms with Crippen molar-refractivity contribution >= 4 is 34.5 Å². The number of hydrogen-bond acceptors (Lipinski definition) is 3. The summed E-state index contributed by atoms with van der Waals surface area (Å²) in [6.45, 7) is 2.00. The van der Waals surface area contributed by atoms with Gasteiger partial charge in [-0.15, -0.1) is 11.3 Å². The lowest BCUT2D eigenvalue weighted by Crippen LogP contribution is -2.11. The van der Waals surface area contributed by atoms with Gasteiger partial charge in [0.15, 0.2) is 0 Å². The van der Waals surface area contributed by atoms with Gasteiger partial charge in [-0.2, -0.15) is 5.10 Å². The highest BCUT2D eigenvalue weighted by Gasteiger charge is 2.19. The van der Waals surface area contributed by atoms with E-state index in [1.807, 2.05) is 42.6 Å². The molecule has 4 nitrogen and oxygen atoms in total. The van der Waals surface area contributed by atoms with Gasteiger partial charge in [0, 0.05) is 5.56 Å². The van der Waals surface area contributed by atoms with Crippen molar-refractivity contribution in [2.24, 2.45) is 0 Å². The van der Waals surface area contributed by atoms with Crippen LogP contribution in [0.1, 0.15) is 22.3 Å². The van der Waals surface area contributed by atoms with Crippen molar-refractivity contribution in [1.82, 2.24) is 10.2 Å². The summed E-state index contributed by atoms with van der Waals surface area (Å²) >= 11 is 7.66. The lowest BCUT2D eigenvalue weighted by atomic mass is 10.1. The summed E-state index contributed by atoms with van der Waals surface area (Å²) in [6, 6.07) is 11.1. The van der Waals surface area contributed by atoms with Crippen LogP contribution in [0, 0.1) is 0 Å². The number of carbonyl (C=O) groups is 1. The quantitative estimate of drug-likeness (QED) is 0.733. The second-order valence-electron chi connectivity index (χ2n) is 4.69. The third kappa shape index (κ3) is 2.77. The van der Waals surface area contributed by atoms with Gasteiger partial charge in [0.25, 0.3) is 5.91 Å². The Bertz CT molecular complexity index is 796. The molecule has 2 N–H and O–H groups in total. The zero-order valence-corrected chi connectivity index (χ0v) is 13.5. The second-order valence-corrected chi connectivity index (χ2v) is 6.05. The first-order valence-corrected chi connectivity index (χ1v) is 8.13. The summed E-state index contributed by atoms with van der Waals surface area (Å²) in [5, 5.41) is 12.7. The smallest absolute Gasteiger partial charge is 0.265 e. The summed E-state index contributed by atoms with van der Waals surface area (Å²) in [5.41, 5.74) is 3.02. The lowest BCUT2D eigenvalue weighted by molar-refractivity contribution is 0.103. The Morgan fingerprint density at radius 3 is 2.82 bits per heavy atom. The molecule has 6 heteroatoms. The molecule has 0 unspecified atom stereocenters. The van der Waals surface area contributed by atoms with Gasteiger partial charge in [-0.3, -0.25) is 9.89 Å². The van der Waals surface area contributed by atoms with Crippen LogP contribution in [-0.4, -0.2) is 16.1 Å². The number of amides is 1. The van der Waals surface area contributed by atoms with E-state index in [9.17, 15) is 4.79 Å². The van der Waals surface area contributed by atoms with Gasteiger partial charge < -0.3 is 5.32 Å². The van der Waals surface area contributed by atoms with Crippen LogP contribution in [0.2, 0.25) is 5.02 Å². The Morgan fingerprint density at radius 1 is 1.32 bits per heavy atom. The number of H-pyrrole nitrogens is 1. The molecule has 3 rings (SSSR count). The molecule has 112 valence electrons. The topological polar surface area (TPSA) is 57.8 Å². The Balaban J connectivity index is 2.01. The molecule has 0 aliphatic heterocycles. The molecule has 0 atom stereocenters. The van der Waals surface area contributed by atoms with Crippen molar-refractivity contribution < 1.29 is 4.79 Å². The standard InChI is InChI=1S/C16H14ClN3OS/c1-2-12-15(18-16(21)13-8-5-9-22-13)14(20-19-12)10-6-3-4-7-11(10)17/h3-9H,2H2,1H3,(H,18,21)(H,19,20). The summed E-state index contributed by atoms with van der Waals surface area (Å²) in [4.78, 5) is 13.0. The number of thiophene rings is 1. The number of rotatable bonds is 4. The maximum Gasteiger partial charge on any atom is 0.265 e. The van der Waals surface area contributed by atoms with Crippen molar-refractivity contribution in [3.8, 4) is 11.3 Å². The first-order chi connectivity index (χ1) is 10.7. The van der Waals surface area contributed by atoms with E-state index in [-0.39, 0.29) is 5.91 Å². The van der Waals surface area contributed by atoms with E-state index in [1.165, 1.54) is 11.3 Å². The summed E-state index contributed by atoms with van der Waals surface area (Å²) in [6.07, 6.45) is 0.734. The van der Waals surface area contributed by atoms with Crippen LogP contribution in [0.4, 0.5) is 5.69 Å². The molecule has 0 fully saturated rings. The van der Waals surface area contributed by atoms with Crippen molar-refractivity contribution in [2.75, 3.05) is 5.32 Å². The fourth-order valence-corrected chi connectivity index (χ4v) is 3.04. The van der Waals surface area contributed by atoms with E-state index in [0.29, 0.717) is 21.3 Å². The first-order valence-electron chi connectivity index (χ1n) is 6.87. The molecule has 1 amide bonds. The number of benzene rings is 1. The van der Waals surface area contributed by atoms with Crippen molar-refractivity contribution in [2.45, 2.75) is 13.3 Å². The number of halogens is 1. The van der Waals surface area contributed by atoms with Crippen LogP contribution in [0.25, 0.3) is 11.3 Å². The van der Waals surface area contributed by atoms with Crippen molar-refractivity contribution in [1.29, 1.82) is 0 Å². The largest absolute Gasteiger partial charge is 0.318 e. The van der Waals surface area contributed by atoms with Crippen molar-refractivity contribution in [3.63, 3.8) is 0 Å². The third-order valence-corrected chi connectivity index (χ3v) is 4.51. The van der Waals surface area contributed by atoms with E-state index < -0.39 is 0 Å². The molecule has 2 aromatic heterocycles. The minimum atomic E-state index is -0.139. The minimum absolute atomic E-state index is 0.139. The fourth-order valence-electron chi connectivity index (χ4n) is 2.20. The number of nitrogens with zero attached hydrogens (tertiary/aromatic N) is 1. The molecule has 0 aliphatic carbocycles. The highest BCUT2D eigenvalue weighted by atomic mass is 35.5. The molecular formula is C16H14ClN3OS. The average Bonchev–Trinajstić information content (AvgIpc) is 3.17. The van der Waals surface area contributed by atoms with E-state index in [0.717, 1.165) is 17.7 Å². The average molecular weight is 332 g/mol. The molecule has 0 bridgehead atoms. The molecule has 0 aliphatic rings. The van der Waals surface area contributed by atoms with E-state index >= 15 is 0 Å². The number of anilines is 1. The predicted octanol–water partition coefficient (Wildman–Crippen LogP) is 4.61. The molecule has 1 aromatic carbocycles. The molecule has 0 saturated carbocycles. The summed E-state index contributed by atoms with van der Waals surface area (Å²) in [7, 11) is 0. The minimum Gasteiger partial charge on any atom is -0.318 e. The van der Waals surface area contributed by atoms with Crippen LogP contribution in [0.5, 0.6) is 0 Å². The highest BCUT2D eigenvalue weighted by molar-refractivity contribution is 7.12. The normalized spacial score (nSPS) is 10.6. The zero-order valence-electron chi connectivity index (χ0n) is 11.9. The number of carbonyl (C=O) groups excluding carboxylic acids is 1. The highest BCUT2D eigenvalue weighted by Crippen LogP contribution is 2.34. The van der Waals surface area contributed by atoms with Crippen LogP contribution >= 0.6 is 22.9 Å². The monoisotopic (exact) mass is 331 g/mol. The maximum atomic E-state index is 12.3. The van der Waals surface area contributed by atoms with Gasteiger partial charge in [0.05, 0.1) is 21.3 Å². The van der Waals surface area contributed by atoms with E-state index in [2.05, 4.69) is 15.5 Å². The number of nitrogens with one attached hydrogen (secondary N) is 2. The molecule has 22 heavy (non-hydrogen) atoms. The first kappa shape index (κ1) is 14.8. The molecule has 0 radical (unpaired) electrons. The maximum absolute atomic E-state index is 12.3. The van der Waals surface area contributed by atoms with Crippen LogP contribution in [0.3, 0.4) is 0 Å². The Kier molecular flexibility index (Phi) is 4.27. The number of aromatic nitrogens is 2. The lowest BCUT2D eigenvalue weighted by Gasteiger charge is -2.08. The molecule has 2 heterocycles. The van der Waals surface area contributed by atoms with Crippen LogP contribution in [-0.2, 0) is 6.42 Å². The third-order valence-electron chi connectivity index (χ3n) is 3.31. The second kappa shape index (κ2) is 6.34. The molecule has 3 aromatic rings. The van der Waals surface area contributed by atoms with Gasteiger partial charge in [0.2, 0.25) is 0 Å². The van der Waals surface area contributed by atoms with E-state index in [4.69, 9.17) is 11.6 Å². The van der Waals surface area contributed by atoms with Gasteiger partial charge in [-0.25, -0.2) is 0 Å². The van der Waals surface area contributed by atoms with Crippen LogP contribution in [0.15, 0.2) is 41.8 Å². The van der Waals surface area contributed by atoms with Crippen molar-refractivity contribution in [3.05, 3.63) is 57.4 Å². The Morgan fingerprint density at radius 2 is 2.14 bits per heavy atom. The van der Waals surface area contributed by atoms with Gasteiger partial charge in [-0.1, -0.05) is 42.8 Å². The van der Waals surface area contributed by atoms with Gasteiger partial charge >= 0.3 is 0 Å². The molecule has 0 spiro atoms. The van der Waals surface area contributed by atoms with Gasteiger partial charge in [-0.05, 0) is 23.9 Å². The molecule has 0 saturated heterocycles. The Labute approximate surface area is 137 Å². The van der Waals surface area contributed by atoms with Gasteiger partial charge in [0.1, 0.15) is 5.69 Å². The number of hydrogen-bond donors (Lipinski definition) is 2. The SMILES string of the molecule is CCc1[nH]nc(-c2ccccc2Cl)c1NC(=O)c1cccs1. The number of aryl methyl sites for hydroxylation is 1. The predicted molar refractivity (Wildman–Crippen MR) is 90.7 cm³/mol. The zero-order chi connectivity index (χ0) is 15.5. The van der Waals surface area contributed by atoms with E-state index in [1.54, 1.807) is 6.07 Å². The molecular weight excluding hydrogens is 318 g/mol. The van der Waals surface area contributed by atoms with Crippen LogP contribution < -0.4 is 5.32 Å². The summed E-state index contributed by atoms with van der Waals surface area (Å²) < 4.78 is 0. The summed E-state index contributed by atoms with van der Waals surface area (Å²) in [5.74, 6) is -0.139. The Hall–Kier alpha value is -2.11. The number of aromatic amines is 1. The fraction of sp³-hybridized carbons (Fsp3) is 0.125.